The van der Waals surface area contributed by atoms with Crippen LogP contribution in [0, 0.1) is 11.8 Å². The number of carboxylic acid groups (broad SMARTS) is 1. The van der Waals surface area contributed by atoms with Crippen molar-refractivity contribution in [2.45, 2.75) is 71.1 Å². The number of hydrogen-bond acceptors (Lipinski definition) is 3. The van der Waals surface area contributed by atoms with Gasteiger partial charge in [0, 0.05) is 18.9 Å². The summed E-state index contributed by atoms with van der Waals surface area (Å²) in [5.41, 5.74) is 0. The Morgan fingerprint density at radius 3 is 2.83 bits per heavy atom. The predicted molar refractivity (Wildman–Crippen MR) is 91.4 cm³/mol. The van der Waals surface area contributed by atoms with E-state index in [1.54, 1.807) is 0 Å². The zero-order chi connectivity index (χ0) is 16.9. The molecule has 0 amide bonds. The fraction of sp³-hybridized carbons (Fsp3) is 0.789. The number of carbonyl (C=O) groups excluding carboxylic acids is 1. The number of unbranched alkanes of at least 4 members (excludes halogenated alkanes) is 5. The van der Waals surface area contributed by atoms with Crippen molar-refractivity contribution in [1.82, 2.24) is 0 Å². The molecule has 0 heterocycles. The summed E-state index contributed by atoms with van der Waals surface area (Å²) in [7, 11) is 0. The lowest BCUT2D eigenvalue weighted by molar-refractivity contribution is -0.142. The number of rotatable bonds is 13. The van der Waals surface area contributed by atoms with Gasteiger partial charge in [-0.3, -0.25) is 4.79 Å². The monoisotopic (exact) mass is 324 g/mol. The van der Waals surface area contributed by atoms with Crippen molar-refractivity contribution >= 4 is 11.8 Å². The Labute approximate surface area is 140 Å². The van der Waals surface area contributed by atoms with Gasteiger partial charge in [0.1, 0.15) is 12.4 Å². The van der Waals surface area contributed by atoms with Crippen LogP contribution in [0.3, 0.4) is 0 Å². The van der Waals surface area contributed by atoms with Crippen molar-refractivity contribution in [1.29, 1.82) is 0 Å². The van der Waals surface area contributed by atoms with Gasteiger partial charge in [0.05, 0.1) is 0 Å². The van der Waals surface area contributed by atoms with Crippen molar-refractivity contribution in [3.63, 3.8) is 0 Å². The molecule has 4 nitrogen and oxygen atoms in total. The molecule has 4 heteroatoms. The molecule has 132 valence electrons. The Morgan fingerprint density at radius 2 is 2.09 bits per heavy atom. The zero-order valence-corrected chi connectivity index (χ0v) is 14.5. The largest absolute Gasteiger partial charge is 0.480 e. The standard InChI is InChI=1S/C19H32O4/c1-2-3-4-5-6-7-10-16-12-13-18(20)17(16)11-8-9-14-23-15-19(21)22/h7,10,16-17H,2-6,8-9,11-15H2,1H3,(H,21,22)/t16-,17+/m0/s1. The number of aliphatic carboxylic acids is 1. The van der Waals surface area contributed by atoms with Gasteiger partial charge in [-0.15, -0.1) is 0 Å². The van der Waals surface area contributed by atoms with Gasteiger partial charge < -0.3 is 9.84 Å². The minimum Gasteiger partial charge on any atom is -0.480 e. The highest BCUT2D eigenvalue weighted by Crippen LogP contribution is 2.33. The van der Waals surface area contributed by atoms with Crippen molar-refractivity contribution < 1.29 is 19.4 Å². The molecule has 0 radical (unpaired) electrons. The molecular formula is C19H32O4. The highest BCUT2D eigenvalue weighted by molar-refractivity contribution is 5.83. The molecule has 0 bridgehead atoms. The first-order valence-corrected chi connectivity index (χ1v) is 9.14. The second kappa shape index (κ2) is 12.3. The van der Waals surface area contributed by atoms with Crippen LogP contribution in [0.4, 0.5) is 0 Å². The number of allylic oxidation sites excluding steroid dienone is 2. The number of carbonyl (C=O) groups is 2. The van der Waals surface area contributed by atoms with Crippen LogP contribution < -0.4 is 0 Å². The lowest BCUT2D eigenvalue weighted by atomic mass is 9.90. The van der Waals surface area contributed by atoms with E-state index in [2.05, 4.69) is 19.1 Å². The van der Waals surface area contributed by atoms with E-state index >= 15 is 0 Å². The summed E-state index contributed by atoms with van der Waals surface area (Å²) in [5.74, 6) is 0.0483. The quantitative estimate of drug-likeness (QED) is 0.403. The Kier molecular flexibility index (Phi) is 10.6. The minimum absolute atomic E-state index is 0.168. The van der Waals surface area contributed by atoms with Crippen molar-refractivity contribution in [2.75, 3.05) is 13.2 Å². The Morgan fingerprint density at radius 1 is 1.26 bits per heavy atom. The average molecular weight is 324 g/mol. The summed E-state index contributed by atoms with van der Waals surface area (Å²) in [6, 6.07) is 0. The smallest absolute Gasteiger partial charge is 0.329 e. The molecule has 0 unspecified atom stereocenters. The summed E-state index contributed by atoms with van der Waals surface area (Å²) >= 11 is 0. The molecule has 1 saturated carbocycles. The highest BCUT2D eigenvalue weighted by atomic mass is 16.5. The first-order chi connectivity index (χ1) is 11.1. The second-order valence-corrected chi connectivity index (χ2v) is 6.49. The third-order valence-corrected chi connectivity index (χ3v) is 4.54. The van der Waals surface area contributed by atoms with Crippen LogP contribution in [0.1, 0.15) is 71.1 Å². The average Bonchev–Trinajstić information content (AvgIpc) is 2.86. The fourth-order valence-electron chi connectivity index (χ4n) is 3.23. The SMILES string of the molecule is CCCCCCC=C[C@H]1CCC(=O)[C@@H]1CCCCOCC(=O)O. The molecule has 1 aliphatic carbocycles. The van der Waals surface area contributed by atoms with E-state index < -0.39 is 5.97 Å². The topological polar surface area (TPSA) is 63.6 Å². The fourth-order valence-corrected chi connectivity index (χ4v) is 3.23. The first-order valence-electron chi connectivity index (χ1n) is 9.14. The van der Waals surface area contributed by atoms with E-state index in [0.717, 1.165) is 32.1 Å². The maximum absolute atomic E-state index is 12.0. The maximum atomic E-state index is 12.0. The van der Waals surface area contributed by atoms with E-state index in [9.17, 15) is 9.59 Å². The predicted octanol–water partition coefficient (Wildman–Crippen LogP) is 4.38. The van der Waals surface area contributed by atoms with Crippen molar-refractivity contribution in [3.8, 4) is 0 Å². The Hall–Kier alpha value is -1.16. The molecule has 0 aromatic heterocycles. The van der Waals surface area contributed by atoms with E-state index in [-0.39, 0.29) is 12.5 Å². The van der Waals surface area contributed by atoms with Gasteiger partial charge in [-0.25, -0.2) is 4.79 Å². The van der Waals surface area contributed by atoms with Crippen LogP contribution in [0.2, 0.25) is 0 Å². The van der Waals surface area contributed by atoms with E-state index in [1.165, 1.54) is 25.7 Å². The van der Waals surface area contributed by atoms with Crippen LogP contribution in [0.15, 0.2) is 12.2 Å². The number of ether oxygens (including phenoxy) is 1. The van der Waals surface area contributed by atoms with Crippen molar-refractivity contribution in [3.05, 3.63) is 12.2 Å². The van der Waals surface area contributed by atoms with Crippen molar-refractivity contribution in [2.24, 2.45) is 11.8 Å². The molecule has 1 aliphatic rings. The summed E-state index contributed by atoms with van der Waals surface area (Å²) in [6.07, 6.45) is 15.1. The van der Waals surface area contributed by atoms with Crippen LogP contribution in [-0.2, 0) is 14.3 Å². The van der Waals surface area contributed by atoms with Gasteiger partial charge in [-0.2, -0.15) is 0 Å². The summed E-state index contributed by atoms with van der Waals surface area (Å²) in [4.78, 5) is 22.4. The van der Waals surface area contributed by atoms with Gasteiger partial charge in [0.2, 0.25) is 0 Å². The lowest BCUT2D eigenvalue weighted by Crippen LogP contribution is -2.14. The molecular weight excluding hydrogens is 292 g/mol. The van der Waals surface area contributed by atoms with E-state index in [0.29, 0.717) is 24.7 Å². The molecule has 0 saturated heterocycles. The van der Waals surface area contributed by atoms with Crippen LogP contribution in [0.25, 0.3) is 0 Å². The molecule has 2 atom stereocenters. The lowest BCUT2D eigenvalue weighted by Gasteiger charge is -2.14. The van der Waals surface area contributed by atoms with Crippen LogP contribution in [-0.4, -0.2) is 30.1 Å². The highest BCUT2D eigenvalue weighted by Gasteiger charge is 2.32. The first kappa shape index (κ1) is 19.9. The van der Waals surface area contributed by atoms with Gasteiger partial charge >= 0.3 is 5.97 Å². The molecule has 23 heavy (non-hydrogen) atoms. The molecule has 1 rings (SSSR count). The van der Waals surface area contributed by atoms with Gasteiger partial charge in [0.25, 0.3) is 0 Å². The Balaban J connectivity index is 2.19. The number of hydrogen-bond donors (Lipinski definition) is 1. The van der Waals surface area contributed by atoms with Crippen LogP contribution in [0.5, 0.6) is 0 Å². The van der Waals surface area contributed by atoms with Gasteiger partial charge in [-0.1, -0.05) is 44.8 Å². The van der Waals surface area contributed by atoms with E-state index in [4.69, 9.17) is 9.84 Å². The minimum atomic E-state index is -0.930. The molecule has 1 fully saturated rings. The summed E-state index contributed by atoms with van der Waals surface area (Å²) in [6.45, 7) is 2.45. The third kappa shape index (κ3) is 8.89. The third-order valence-electron chi connectivity index (χ3n) is 4.54. The van der Waals surface area contributed by atoms with Crippen LogP contribution >= 0.6 is 0 Å². The summed E-state index contributed by atoms with van der Waals surface area (Å²) < 4.78 is 5.03. The molecule has 1 N–H and O–H groups in total. The molecule has 0 aliphatic heterocycles. The Bertz CT molecular complexity index is 376. The summed E-state index contributed by atoms with van der Waals surface area (Å²) in [5, 5.41) is 8.49. The van der Waals surface area contributed by atoms with E-state index in [1.807, 2.05) is 0 Å². The second-order valence-electron chi connectivity index (χ2n) is 6.49. The molecule has 0 aromatic carbocycles. The number of ketones is 1. The maximum Gasteiger partial charge on any atom is 0.329 e. The molecule has 0 aromatic rings. The molecule has 0 spiro atoms. The zero-order valence-electron chi connectivity index (χ0n) is 14.5. The van der Waals surface area contributed by atoms with Gasteiger partial charge in [-0.05, 0) is 38.0 Å². The van der Waals surface area contributed by atoms with Gasteiger partial charge in [0.15, 0.2) is 0 Å². The normalized spacial score (nSPS) is 21.3. The number of Topliss-reactive ketones (excluding diaryl/α,β-unsaturated/α-hetero) is 1. The number of carboxylic acids is 1.